The lowest BCUT2D eigenvalue weighted by molar-refractivity contribution is 0.187. The summed E-state index contributed by atoms with van der Waals surface area (Å²) in [6.07, 6.45) is 4.47. The average Bonchev–Trinajstić information content (AvgIpc) is 2.67. The van der Waals surface area contributed by atoms with Gasteiger partial charge in [0.1, 0.15) is 0 Å². The topological polar surface area (TPSA) is 41.5 Å². The van der Waals surface area contributed by atoms with E-state index in [1.807, 2.05) is 0 Å². The summed E-state index contributed by atoms with van der Waals surface area (Å²) in [7, 11) is 0. The molecule has 0 aromatic rings. The molecule has 3 nitrogen and oxygen atoms in total. The van der Waals surface area contributed by atoms with E-state index >= 15 is 0 Å². The van der Waals surface area contributed by atoms with Crippen LogP contribution in [0.3, 0.4) is 0 Å². The predicted octanol–water partition coefficient (Wildman–Crippen LogP) is 1.16. The van der Waals surface area contributed by atoms with Crippen LogP contribution in [-0.4, -0.2) is 37.5 Å². The molecule has 2 atom stereocenters. The van der Waals surface area contributed by atoms with E-state index in [9.17, 15) is 0 Å². The number of aliphatic hydroxyl groups is 1. The fourth-order valence-electron chi connectivity index (χ4n) is 1.97. The van der Waals surface area contributed by atoms with Crippen LogP contribution >= 0.6 is 0 Å². The van der Waals surface area contributed by atoms with Crippen molar-refractivity contribution >= 4 is 0 Å². The van der Waals surface area contributed by atoms with Gasteiger partial charge in [-0.05, 0) is 31.7 Å². The van der Waals surface area contributed by atoms with E-state index in [0.717, 1.165) is 32.6 Å². The van der Waals surface area contributed by atoms with Gasteiger partial charge in [-0.3, -0.25) is 0 Å². The quantitative estimate of drug-likeness (QED) is 0.649. The van der Waals surface area contributed by atoms with E-state index in [1.165, 1.54) is 12.8 Å². The molecule has 0 bridgehead atoms. The Kier molecular flexibility index (Phi) is 6.15. The maximum Gasteiger partial charge on any atom is 0.0620 e. The van der Waals surface area contributed by atoms with Crippen LogP contribution in [0.1, 0.15) is 32.6 Å². The normalized spacial score (nSPS) is 24.0. The van der Waals surface area contributed by atoms with Crippen LogP contribution in [0, 0.1) is 5.92 Å². The van der Waals surface area contributed by atoms with Crippen molar-refractivity contribution in [1.82, 2.24) is 5.32 Å². The SMILES string of the molecule is CCCC(CCO)CNC1CCOC1. The molecule has 1 rings (SSSR count). The van der Waals surface area contributed by atoms with Gasteiger partial charge in [0.2, 0.25) is 0 Å². The molecule has 1 aliphatic rings. The smallest absolute Gasteiger partial charge is 0.0620 e. The lowest BCUT2D eigenvalue weighted by Crippen LogP contribution is -2.34. The summed E-state index contributed by atoms with van der Waals surface area (Å²) in [5.74, 6) is 0.630. The fourth-order valence-corrected chi connectivity index (χ4v) is 1.97. The van der Waals surface area contributed by atoms with Crippen LogP contribution in [-0.2, 0) is 4.74 Å². The maximum absolute atomic E-state index is 8.90. The number of rotatable bonds is 7. The minimum Gasteiger partial charge on any atom is -0.396 e. The highest BCUT2D eigenvalue weighted by Crippen LogP contribution is 2.11. The molecule has 1 fully saturated rings. The van der Waals surface area contributed by atoms with Gasteiger partial charge >= 0.3 is 0 Å². The minimum atomic E-state index is 0.313. The molecule has 1 heterocycles. The molecule has 2 N–H and O–H groups in total. The molecule has 0 aromatic heterocycles. The first-order valence-electron chi connectivity index (χ1n) is 5.78. The molecule has 0 spiro atoms. The molecular formula is C11H23NO2. The second-order valence-electron chi connectivity index (χ2n) is 4.14. The minimum absolute atomic E-state index is 0.313. The molecule has 1 saturated heterocycles. The van der Waals surface area contributed by atoms with Crippen LogP contribution in [0.4, 0.5) is 0 Å². The van der Waals surface area contributed by atoms with Crippen LogP contribution in [0.25, 0.3) is 0 Å². The van der Waals surface area contributed by atoms with Crippen molar-refractivity contribution in [3.8, 4) is 0 Å². The molecule has 14 heavy (non-hydrogen) atoms. The molecule has 2 unspecified atom stereocenters. The summed E-state index contributed by atoms with van der Waals surface area (Å²) in [5.41, 5.74) is 0. The molecular weight excluding hydrogens is 178 g/mol. The Morgan fingerprint density at radius 1 is 1.50 bits per heavy atom. The molecule has 0 aliphatic carbocycles. The van der Waals surface area contributed by atoms with Gasteiger partial charge in [0.05, 0.1) is 6.61 Å². The van der Waals surface area contributed by atoms with Crippen LogP contribution in [0.5, 0.6) is 0 Å². The standard InChI is InChI=1S/C11H23NO2/c1-2-3-10(4-6-13)8-12-11-5-7-14-9-11/h10-13H,2-9H2,1H3. The van der Waals surface area contributed by atoms with Crippen molar-refractivity contribution in [2.75, 3.05) is 26.4 Å². The Balaban J connectivity index is 2.10. The third kappa shape index (κ3) is 4.40. The first kappa shape index (κ1) is 12.0. The molecule has 84 valence electrons. The lowest BCUT2D eigenvalue weighted by Gasteiger charge is -2.18. The summed E-state index contributed by atoms with van der Waals surface area (Å²) in [4.78, 5) is 0. The molecule has 0 amide bonds. The van der Waals surface area contributed by atoms with Crippen LogP contribution < -0.4 is 5.32 Å². The molecule has 0 saturated carbocycles. The zero-order valence-corrected chi connectivity index (χ0v) is 9.17. The summed E-state index contributed by atoms with van der Waals surface area (Å²) in [6.45, 7) is 5.30. The van der Waals surface area contributed by atoms with Crippen molar-refractivity contribution in [3.63, 3.8) is 0 Å². The first-order chi connectivity index (χ1) is 6.86. The average molecular weight is 201 g/mol. The second kappa shape index (κ2) is 7.21. The zero-order chi connectivity index (χ0) is 10.2. The van der Waals surface area contributed by atoms with Crippen molar-refractivity contribution < 1.29 is 9.84 Å². The summed E-state index contributed by atoms with van der Waals surface area (Å²) >= 11 is 0. The van der Waals surface area contributed by atoms with E-state index in [-0.39, 0.29) is 0 Å². The first-order valence-corrected chi connectivity index (χ1v) is 5.78. The molecule has 0 radical (unpaired) electrons. The Bertz CT molecular complexity index is 129. The highest BCUT2D eigenvalue weighted by molar-refractivity contribution is 4.73. The van der Waals surface area contributed by atoms with Gasteiger partial charge in [0, 0.05) is 19.3 Å². The molecule has 1 aliphatic heterocycles. The van der Waals surface area contributed by atoms with E-state index in [2.05, 4.69) is 12.2 Å². The van der Waals surface area contributed by atoms with Gasteiger partial charge < -0.3 is 15.2 Å². The number of aliphatic hydroxyl groups excluding tert-OH is 1. The van der Waals surface area contributed by atoms with E-state index < -0.39 is 0 Å². The number of hydrogen-bond acceptors (Lipinski definition) is 3. The van der Waals surface area contributed by atoms with Gasteiger partial charge in [-0.15, -0.1) is 0 Å². The predicted molar refractivity (Wildman–Crippen MR) is 57.3 cm³/mol. The number of hydrogen-bond donors (Lipinski definition) is 2. The largest absolute Gasteiger partial charge is 0.396 e. The van der Waals surface area contributed by atoms with Crippen molar-refractivity contribution in [2.45, 2.75) is 38.6 Å². The van der Waals surface area contributed by atoms with Gasteiger partial charge in [-0.25, -0.2) is 0 Å². The fraction of sp³-hybridized carbons (Fsp3) is 1.00. The van der Waals surface area contributed by atoms with E-state index in [0.29, 0.717) is 18.6 Å². The third-order valence-electron chi connectivity index (χ3n) is 2.86. The Morgan fingerprint density at radius 3 is 2.93 bits per heavy atom. The highest BCUT2D eigenvalue weighted by atomic mass is 16.5. The van der Waals surface area contributed by atoms with Crippen LogP contribution in [0.2, 0.25) is 0 Å². The zero-order valence-electron chi connectivity index (χ0n) is 9.17. The number of ether oxygens (including phenoxy) is 1. The van der Waals surface area contributed by atoms with Gasteiger partial charge in [-0.2, -0.15) is 0 Å². The number of nitrogens with one attached hydrogen (secondary N) is 1. The van der Waals surface area contributed by atoms with Crippen molar-refractivity contribution in [3.05, 3.63) is 0 Å². The summed E-state index contributed by atoms with van der Waals surface area (Å²) in [5, 5.41) is 12.4. The van der Waals surface area contributed by atoms with Crippen molar-refractivity contribution in [1.29, 1.82) is 0 Å². The van der Waals surface area contributed by atoms with E-state index in [4.69, 9.17) is 9.84 Å². The summed E-state index contributed by atoms with van der Waals surface area (Å²) in [6, 6.07) is 0.549. The molecule has 3 heteroatoms. The highest BCUT2D eigenvalue weighted by Gasteiger charge is 2.16. The second-order valence-corrected chi connectivity index (χ2v) is 4.14. The van der Waals surface area contributed by atoms with Crippen LogP contribution in [0.15, 0.2) is 0 Å². The van der Waals surface area contributed by atoms with Gasteiger partial charge in [0.15, 0.2) is 0 Å². The van der Waals surface area contributed by atoms with Gasteiger partial charge in [-0.1, -0.05) is 13.3 Å². The summed E-state index contributed by atoms with van der Waals surface area (Å²) < 4.78 is 5.30. The Hall–Kier alpha value is -0.120. The Morgan fingerprint density at radius 2 is 2.36 bits per heavy atom. The monoisotopic (exact) mass is 201 g/mol. The van der Waals surface area contributed by atoms with E-state index in [1.54, 1.807) is 0 Å². The third-order valence-corrected chi connectivity index (χ3v) is 2.86. The van der Waals surface area contributed by atoms with Gasteiger partial charge in [0.25, 0.3) is 0 Å². The van der Waals surface area contributed by atoms with Crippen molar-refractivity contribution in [2.24, 2.45) is 5.92 Å². The molecule has 0 aromatic carbocycles. The lowest BCUT2D eigenvalue weighted by atomic mass is 10.00. The Labute approximate surface area is 86.8 Å². The maximum atomic E-state index is 8.90.